The highest BCUT2D eigenvalue weighted by Crippen LogP contribution is 2.45. The van der Waals surface area contributed by atoms with E-state index in [1.807, 2.05) is 6.07 Å². The number of nitrogens with one attached hydrogen (secondary N) is 3. The molecule has 1 amide bonds. The Kier molecular flexibility index (Phi) is 2.47. The summed E-state index contributed by atoms with van der Waals surface area (Å²) in [6.45, 7) is 0. The third-order valence-electron chi connectivity index (χ3n) is 3.47. The van der Waals surface area contributed by atoms with Crippen LogP contribution in [0.1, 0.15) is 12.8 Å². The lowest BCUT2D eigenvalue weighted by Crippen LogP contribution is -2.25. The molecule has 100 valence electrons. The number of fused-ring (bicyclic) bond motifs is 1. The van der Waals surface area contributed by atoms with E-state index in [0.29, 0.717) is 12.8 Å². The van der Waals surface area contributed by atoms with Crippen LogP contribution in [-0.4, -0.2) is 16.1 Å². The first kappa shape index (κ1) is 12.2. The fourth-order valence-electron chi connectivity index (χ4n) is 2.09. The molecule has 1 saturated carbocycles. The van der Waals surface area contributed by atoms with Crippen LogP contribution >= 0.6 is 0 Å². The number of benzene rings is 1. The largest absolute Gasteiger partial charge is 0.324 e. The Morgan fingerprint density at radius 2 is 1.95 bits per heavy atom. The number of hydrogen-bond donors (Lipinski definition) is 3. The number of amides is 1. The summed E-state index contributed by atoms with van der Waals surface area (Å²) >= 11 is 0. The number of anilines is 1. The summed E-state index contributed by atoms with van der Waals surface area (Å²) in [7, 11) is 0. The van der Waals surface area contributed by atoms with E-state index < -0.39 is 22.4 Å². The topological polar surface area (TPSA) is 119 Å². The van der Waals surface area contributed by atoms with Gasteiger partial charge in [0, 0.05) is 0 Å². The fraction of sp³-hybridized carbons (Fsp3) is 0.231. The van der Waals surface area contributed by atoms with Crippen molar-refractivity contribution in [2.45, 2.75) is 12.8 Å². The van der Waals surface area contributed by atoms with Crippen molar-refractivity contribution in [3.8, 4) is 6.07 Å². The smallest absolute Gasteiger partial charge is 0.272 e. The number of hydrogen-bond acceptors (Lipinski definition) is 4. The molecular weight excluding hydrogens is 260 g/mol. The summed E-state index contributed by atoms with van der Waals surface area (Å²) in [5, 5.41) is 16.3. The van der Waals surface area contributed by atoms with Crippen molar-refractivity contribution in [2.24, 2.45) is 5.41 Å². The van der Waals surface area contributed by atoms with Crippen LogP contribution in [0.25, 0.3) is 10.8 Å². The SMILES string of the molecule is N#CC1(C(=O)Nc2cccc3c(=O)[nH][nH]c(=O)c23)CC1. The van der Waals surface area contributed by atoms with Crippen LogP contribution in [0.3, 0.4) is 0 Å². The molecule has 1 aliphatic rings. The van der Waals surface area contributed by atoms with E-state index in [1.165, 1.54) is 12.1 Å². The van der Waals surface area contributed by atoms with Crippen LogP contribution in [0.4, 0.5) is 5.69 Å². The van der Waals surface area contributed by atoms with Gasteiger partial charge >= 0.3 is 0 Å². The summed E-state index contributed by atoms with van der Waals surface area (Å²) in [6.07, 6.45) is 1.02. The molecule has 1 aromatic heterocycles. The Morgan fingerprint density at radius 3 is 2.60 bits per heavy atom. The molecule has 3 N–H and O–H groups in total. The summed E-state index contributed by atoms with van der Waals surface area (Å²) in [5.74, 6) is -0.438. The number of carbonyl (C=O) groups is 1. The van der Waals surface area contributed by atoms with E-state index in [2.05, 4.69) is 15.5 Å². The zero-order chi connectivity index (χ0) is 14.3. The Bertz CT molecular complexity index is 868. The number of aromatic nitrogens is 2. The number of nitriles is 1. The van der Waals surface area contributed by atoms with Gasteiger partial charge in [-0.25, -0.2) is 0 Å². The van der Waals surface area contributed by atoms with Gasteiger partial charge in [-0.05, 0) is 25.0 Å². The second-order valence-corrected chi connectivity index (χ2v) is 4.78. The summed E-state index contributed by atoms with van der Waals surface area (Å²) in [4.78, 5) is 35.5. The lowest BCUT2D eigenvalue weighted by molar-refractivity contribution is -0.119. The molecule has 7 nitrogen and oxygen atoms in total. The average molecular weight is 270 g/mol. The van der Waals surface area contributed by atoms with Crippen LogP contribution in [0, 0.1) is 16.7 Å². The molecule has 1 fully saturated rings. The zero-order valence-electron chi connectivity index (χ0n) is 10.3. The molecule has 0 unspecified atom stereocenters. The highest BCUT2D eigenvalue weighted by atomic mass is 16.2. The van der Waals surface area contributed by atoms with Crippen LogP contribution in [-0.2, 0) is 4.79 Å². The highest BCUT2D eigenvalue weighted by Gasteiger charge is 2.50. The number of nitrogens with zero attached hydrogens (tertiary/aromatic N) is 1. The zero-order valence-corrected chi connectivity index (χ0v) is 10.3. The van der Waals surface area contributed by atoms with Gasteiger partial charge in [-0.2, -0.15) is 5.26 Å². The van der Waals surface area contributed by atoms with Crippen LogP contribution in [0.5, 0.6) is 0 Å². The van der Waals surface area contributed by atoms with E-state index in [-0.39, 0.29) is 16.5 Å². The van der Waals surface area contributed by atoms with Gasteiger partial charge < -0.3 is 5.32 Å². The van der Waals surface area contributed by atoms with Crippen molar-refractivity contribution in [3.63, 3.8) is 0 Å². The second kappa shape index (κ2) is 4.06. The van der Waals surface area contributed by atoms with E-state index in [4.69, 9.17) is 5.26 Å². The minimum atomic E-state index is -0.990. The number of rotatable bonds is 2. The molecule has 0 saturated heterocycles. The first-order chi connectivity index (χ1) is 9.57. The first-order valence-corrected chi connectivity index (χ1v) is 6.04. The van der Waals surface area contributed by atoms with Crippen molar-refractivity contribution < 1.29 is 4.79 Å². The molecule has 1 aromatic carbocycles. The van der Waals surface area contributed by atoms with E-state index >= 15 is 0 Å². The summed E-state index contributed by atoms with van der Waals surface area (Å²) < 4.78 is 0. The second-order valence-electron chi connectivity index (χ2n) is 4.78. The molecule has 1 aliphatic carbocycles. The van der Waals surface area contributed by atoms with Crippen LogP contribution in [0.15, 0.2) is 27.8 Å². The minimum Gasteiger partial charge on any atom is -0.324 e. The van der Waals surface area contributed by atoms with Crippen LogP contribution in [0.2, 0.25) is 0 Å². The molecule has 3 rings (SSSR count). The van der Waals surface area contributed by atoms with Crippen LogP contribution < -0.4 is 16.4 Å². The van der Waals surface area contributed by atoms with Crippen molar-refractivity contribution in [1.29, 1.82) is 5.26 Å². The van der Waals surface area contributed by atoms with Gasteiger partial charge in [0.25, 0.3) is 11.1 Å². The molecule has 0 aliphatic heterocycles. The number of carbonyl (C=O) groups excluding carboxylic acids is 1. The third-order valence-corrected chi connectivity index (χ3v) is 3.47. The first-order valence-electron chi connectivity index (χ1n) is 6.04. The monoisotopic (exact) mass is 270 g/mol. The van der Waals surface area contributed by atoms with E-state index in [9.17, 15) is 14.4 Å². The Balaban J connectivity index is 2.12. The lowest BCUT2D eigenvalue weighted by Gasteiger charge is -2.09. The highest BCUT2D eigenvalue weighted by molar-refractivity contribution is 6.05. The van der Waals surface area contributed by atoms with E-state index in [1.54, 1.807) is 6.07 Å². The Labute approximate surface area is 112 Å². The van der Waals surface area contributed by atoms with E-state index in [0.717, 1.165) is 0 Å². The van der Waals surface area contributed by atoms with Gasteiger partial charge in [0.15, 0.2) is 0 Å². The Morgan fingerprint density at radius 1 is 1.25 bits per heavy atom. The molecule has 2 aromatic rings. The number of H-pyrrole nitrogens is 2. The minimum absolute atomic E-state index is 0.110. The van der Waals surface area contributed by atoms with Gasteiger partial charge in [0.05, 0.1) is 22.5 Å². The molecular formula is C13H10N4O3. The van der Waals surface area contributed by atoms with Crippen molar-refractivity contribution >= 4 is 22.4 Å². The van der Waals surface area contributed by atoms with Crippen molar-refractivity contribution in [2.75, 3.05) is 5.32 Å². The molecule has 0 spiro atoms. The maximum atomic E-state index is 12.0. The molecule has 1 heterocycles. The van der Waals surface area contributed by atoms with Gasteiger partial charge in [0.1, 0.15) is 5.41 Å². The normalized spacial score (nSPS) is 15.6. The molecule has 7 heteroatoms. The van der Waals surface area contributed by atoms with Gasteiger partial charge in [-0.3, -0.25) is 24.6 Å². The summed E-state index contributed by atoms with van der Waals surface area (Å²) in [6, 6.07) is 6.58. The lowest BCUT2D eigenvalue weighted by atomic mass is 10.1. The molecule has 20 heavy (non-hydrogen) atoms. The Hall–Kier alpha value is -2.88. The third kappa shape index (κ3) is 1.70. The average Bonchev–Trinajstić information content (AvgIpc) is 3.24. The summed E-state index contributed by atoms with van der Waals surface area (Å²) in [5.41, 5.74) is -1.70. The van der Waals surface area contributed by atoms with Gasteiger partial charge in [-0.15, -0.1) is 0 Å². The van der Waals surface area contributed by atoms with Crippen molar-refractivity contribution in [1.82, 2.24) is 10.2 Å². The number of aromatic amines is 2. The maximum absolute atomic E-state index is 12.0. The van der Waals surface area contributed by atoms with Gasteiger partial charge in [0.2, 0.25) is 5.91 Å². The predicted octanol–water partition coefficient (Wildman–Crippen LogP) is 0.459. The van der Waals surface area contributed by atoms with Gasteiger partial charge in [-0.1, -0.05) is 6.07 Å². The standard InChI is InChI=1S/C13H10N4O3/c14-6-13(4-5-13)12(20)15-8-3-1-2-7-9(8)11(19)17-16-10(7)18/h1-3H,4-5H2,(H,15,20)(H,16,18)(H,17,19). The molecule has 0 radical (unpaired) electrons. The molecule has 0 atom stereocenters. The maximum Gasteiger partial charge on any atom is 0.272 e. The quantitative estimate of drug-likeness (QED) is 0.734. The predicted molar refractivity (Wildman–Crippen MR) is 71.1 cm³/mol. The molecule has 0 bridgehead atoms. The fourth-order valence-corrected chi connectivity index (χ4v) is 2.09. The van der Waals surface area contributed by atoms with Crippen molar-refractivity contribution in [3.05, 3.63) is 38.9 Å².